The summed E-state index contributed by atoms with van der Waals surface area (Å²) >= 11 is 0. The lowest BCUT2D eigenvalue weighted by Crippen LogP contribution is -2.44. The van der Waals surface area contributed by atoms with Crippen molar-refractivity contribution in [3.05, 3.63) is 41.7 Å². The zero-order valence-electron chi connectivity index (χ0n) is 12.4. The number of rotatable bonds is 5. The number of aliphatic hydroxyl groups is 1. The summed E-state index contributed by atoms with van der Waals surface area (Å²) in [4.78, 5) is 16.1. The quantitative estimate of drug-likeness (QED) is 0.829. The first kappa shape index (κ1) is 14.6. The van der Waals surface area contributed by atoms with Crippen LogP contribution in [0.15, 0.2) is 24.4 Å². The summed E-state index contributed by atoms with van der Waals surface area (Å²) < 4.78 is 1.83. The minimum absolute atomic E-state index is 0.00355. The Balaban J connectivity index is 1.49. The maximum Gasteiger partial charge on any atom is 0.226 e. The second kappa shape index (κ2) is 6.23. The van der Waals surface area contributed by atoms with Gasteiger partial charge in [0, 0.05) is 30.9 Å². The predicted molar refractivity (Wildman–Crippen MR) is 78.8 cm³/mol. The molecule has 3 rings (SSSR count). The molecular weight excluding hydrogens is 282 g/mol. The highest BCUT2D eigenvalue weighted by atomic mass is 16.3. The molecule has 1 aliphatic carbocycles. The number of carbonyl (C=O) groups is 1. The zero-order chi connectivity index (χ0) is 15.5. The summed E-state index contributed by atoms with van der Waals surface area (Å²) in [7, 11) is 1.86. The summed E-state index contributed by atoms with van der Waals surface area (Å²) in [6.45, 7) is -0.111. The van der Waals surface area contributed by atoms with E-state index in [0.717, 1.165) is 24.4 Å². The van der Waals surface area contributed by atoms with E-state index >= 15 is 0 Å². The fourth-order valence-electron chi connectivity index (χ4n) is 2.76. The molecule has 0 aromatic carbocycles. The Morgan fingerprint density at radius 2 is 2.23 bits per heavy atom. The number of hydrogen-bond donors (Lipinski definition) is 2. The van der Waals surface area contributed by atoms with E-state index in [1.807, 2.05) is 29.8 Å². The van der Waals surface area contributed by atoms with Crippen LogP contribution < -0.4 is 5.32 Å². The van der Waals surface area contributed by atoms with E-state index in [2.05, 4.69) is 20.5 Å². The van der Waals surface area contributed by atoms with Crippen LogP contribution in [0.1, 0.15) is 36.1 Å². The molecule has 22 heavy (non-hydrogen) atoms. The van der Waals surface area contributed by atoms with Crippen molar-refractivity contribution in [3.63, 3.8) is 0 Å². The smallest absolute Gasteiger partial charge is 0.226 e. The Labute approximate surface area is 128 Å². The van der Waals surface area contributed by atoms with Crippen molar-refractivity contribution in [2.24, 2.45) is 7.05 Å². The number of pyridine rings is 1. The molecule has 7 nitrogen and oxygen atoms in total. The molecule has 2 aromatic rings. The Morgan fingerprint density at radius 3 is 2.86 bits per heavy atom. The largest absolute Gasteiger partial charge is 0.388 e. The second-order valence-corrected chi connectivity index (χ2v) is 5.62. The zero-order valence-corrected chi connectivity index (χ0v) is 12.4. The van der Waals surface area contributed by atoms with E-state index in [0.29, 0.717) is 12.2 Å². The van der Waals surface area contributed by atoms with Crippen molar-refractivity contribution in [1.29, 1.82) is 0 Å². The molecule has 2 heterocycles. The summed E-state index contributed by atoms with van der Waals surface area (Å²) in [5.74, 6) is 1.73. The molecular formula is C15H19N5O2. The highest BCUT2D eigenvalue weighted by Gasteiger charge is 2.34. The Kier molecular flexibility index (Phi) is 4.15. The normalized spacial score (nSPS) is 20.5. The van der Waals surface area contributed by atoms with Crippen LogP contribution in [0.2, 0.25) is 0 Å². The molecule has 0 aliphatic heterocycles. The first-order valence-electron chi connectivity index (χ1n) is 7.35. The second-order valence-electron chi connectivity index (χ2n) is 5.62. The van der Waals surface area contributed by atoms with Gasteiger partial charge in [0.25, 0.3) is 0 Å². The number of carbonyl (C=O) groups excluding carboxylic acids is 1. The van der Waals surface area contributed by atoms with Crippen LogP contribution in [0.3, 0.4) is 0 Å². The fourth-order valence-corrected chi connectivity index (χ4v) is 2.76. The molecule has 0 bridgehead atoms. The van der Waals surface area contributed by atoms with Gasteiger partial charge >= 0.3 is 0 Å². The van der Waals surface area contributed by atoms with Gasteiger partial charge in [-0.2, -0.15) is 0 Å². The molecule has 7 heteroatoms. The van der Waals surface area contributed by atoms with E-state index in [9.17, 15) is 4.79 Å². The lowest BCUT2D eigenvalue weighted by molar-refractivity contribution is -0.121. The van der Waals surface area contributed by atoms with E-state index in [-0.39, 0.29) is 24.5 Å². The Hall–Kier alpha value is -2.28. The van der Waals surface area contributed by atoms with Crippen LogP contribution in [-0.2, 0) is 24.9 Å². The van der Waals surface area contributed by atoms with E-state index in [1.165, 1.54) is 0 Å². The number of aromatic nitrogens is 4. The van der Waals surface area contributed by atoms with Crippen LogP contribution in [0.5, 0.6) is 0 Å². The van der Waals surface area contributed by atoms with Crippen molar-refractivity contribution in [1.82, 2.24) is 25.1 Å². The van der Waals surface area contributed by atoms with Crippen molar-refractivity contribution in [2.75, 3.05) is 0 Å². The highest BCUT2D eigenvalue weighted by molar-refractivity contribution is 5.78. The average Bonchev–Trinajstić information content (AvgIpc) is 2.84. The van der Waals surface area contributed by atoms with E-state index < -0.39 is 0 Å². The van der Waals surface area contributed by atoms with Crippen molar-refractivity contribution in [2.45, 2.75) is 37.8 Å². The van der Waals surface area contributed by atoms with Gasteiger partial charge in [-0.1, -0.05) is 6.07 Å². The van der Waals surface area contributed by atoms with Crippen molar-refractivity contribution < 1.29 is 9.90 Å². The lowest BCUT2D eigenvalue weighted by atomic mass is 9.79. The van der Waals surface area contributed by atoms with Crippen molar-refractivity contribution >= 4 is 5.91 Å². The fraction of sp³-hybridized carbons (Fsp3) is 0.467. The molecule has 2 N–H and O–H groups in total. The highest BCUT2D eigenvalue weighted by Crippen LogP contribution is 2.35. The molecule has 1 amide bonds. The van der Waals surface area contributed by atoms with Crippen LogP contribution >= 0.6 is 0 Å². The molecule has 0 saturated heterocycles. The summed E-state index contributed by atoms with van der Waals surface area (Å²) in [5.41, 5.74) is 0.775. The van der Waals surface area contributed by atoms with Crippen LogP contribution in [0.4, 0.5) is 0 Å². The molecule has 1 saturated carbocycles. The predicted octanol–water partition coefficient (Wildman–Crippen LogP) is 0.307. The first-order valence-corrected chi connectivity index (χ1v) is 7.35. The molecule has 0 atom stereocenters. The van der Waals surface area contributed by atoms with Gasteiger partial charge in [0.05, 0.1) is 6.42 Å². The van der Waals surface area contributed by atoms with Crippen LogP contribution in [0.25, 0.3) is 0 Å². The van der Waals surface area contributed by atoms with E-state index in [1.54, 1.807) is 6.20 Å². The molecule has 0 spiro atoms. The topological polar surface area (TPSA) is 92.9 Å². The molecule has 1 aliphatic rings. The Bertz CT molecular complexity index is 649. The van der Waals surface area contributed by atoms with Gasteiger partial charge < -0.3 is 15.0 Å². The minimum atomic E-state index is -0.111. The number of nitrogens with zero attached hydrogens (tertiary/aromatic N) is 4. The summed E-state index contributed by atoms with van der Waals surface area (Å²) in [6, 6.07) is 5.73. The number of hydrogen-bond acceptors (Lipinski definition) is 5. The average molecular weight is 301 g/mol. The molecule has 116 valence electrons. The third-order valence-corrected chi connectivity index (χ3v) is 4.08. The van der Waals surface area contributed by atoms with Crippen LogP contribution in [0, 0.1) is 0 Å². The maximum atomic E-state index is 12.0. The third-order valence-electron chi connectivity index (χ3n) is 4.08. The summed E-state index contributed by atoms with van der Waals surface area (Å²) in [5, 5.41) is 20.2. The van der Waals surface area contributed by atoms with Gasteiger partial charge in [0.1, 0.15) is 12.4 Å². The SMILES string of the molecule is Cn1c(CO)nnc1C1CC(NC(=O)Cc2ccccn2)C1. The van der Waals surface area contributed by atoms with Gasteiger partial charge in [-0.05, 0) is 25.0 Å². The third kappa shape index (κ3) is 2.99. The molecule has 0 radical (unpaired) electrons. The molecule has 0 unspecified atom stereocenters. The minimum Gasteiger partial charge on any atom is -0.388 e. The number of aliphatic hydroxyl groups excluding tert-OH is 1. The van der Waals surface area contributed by atoms with Gasteiger partial charge in [0.2, 0.25) is 5.91 Å². The lowest BCUT2D eigenvalue weighted by Gasteiger charge is -2.35. The monoisotopic (exact) mass is 301 g/mol. The summed E-state index contributed by atoms with van der Waals surface area (Å²) in [6.07, 6.45) is 3.70. The van der Waals surface area contributed by atoms with Crippen molar-refractivity contribution in [3.8, 4) is 0 Å². The standard InChI is InChI=1S/C15H19N5O2/c1-20-13(9-21)18-19-15(20)10-6-12(7-10)17-14(22)8-11-4-2-3-5-16-11/h2-5,10,12,21H,6-9H2,1H3,(H,17,22). The molecule has 1 fully saturated rings. The van der Waals surface area contributed by atoms with Gasteiger partial charge in [-0.3, -0.25) is 9.78 Å². The Morgan fingerprint density at radius 1 is 1.41 bits per heavy atom. The molecule has 2 aromatic heterocycles. The number of amides is 1. The number of nitrogens with one attached hydrogen (secondary N) is 1. The maximum absolute atomic E-state index is 12.0. The van der Waals surface area contributed by atoms with Crippen LogP contribution in [-0.4, -0.2) is 36.8 Å². The first-order chi connectivity index (χ1) is 10.7. The van der Waals surface area contributed by atoms with Gasteiger partial charge in [0.15, 0.2) is 5.82 Å². The van der Waals surface area contributed by atoms with E-state index in [4.69, 9.17) is 5.11 Å². The van der Waals surface area contributed by atoms with Gasteiger partial charge in [-0.25, -0.2) is 0 Å². The van der Waals surface area contributed by atoms with Gasteiger partial charge in [-0.15, -0.1) is 10.2 Å².